The topological polar surface area (TPSA) is 70.7 Å². The van der Waals surface area contributed by atoms with Gasteiger partial charge in [-0.15, -0.1) is 0 Å². The predicted octanol–water partition coefficient (Wildman–Crippen LogP) is 1.49. The Hall–Kier alpha value is -1.95. The summed E-state index contributed by atoms with van der Waals surface area (Å²) in [7, 11) is 0. The molecule has 0 saturated carbocycles. The molecule has 1 amide bonds. The zero-order chi connectivity index (χ0) is 15.3. The highest BCUT2D eigenvalue weighted by molar-refractivity contribution is 5.94. The maximum absolute atomic E-state index is 13.1. The van der Waals surface area contributed by atoms with Crippen LogP contribution in [0.15, 0.2) is 24.5 Å². The number of amides is 1. The molecule has 0 aliphatic carbocycles. The van der Waals surface area contributed by atoms with Crippen molar-refractivity contribution in [1.82, 2.24) is 19.5 Å². The highest BCUT2D eigenvalue weighted by Crippen LogP contribution is 2.51. The first kappa shape index (κ1) is 13.7. The van der Waals surface area contributed by atoms with E-state index >= 15 is 0 Å². The van der Waals surface area contributed by atoms with Crippen molar-refractivity contribution in [2.45, 2.75) is 44.7 Å². The monoisotopic (exact) mass is 300 g/mol. The summed E-state index contributed by atoms with van der Waals surface area (Å²) in [6, 6.07) is 5.86. The number of carbonyl (C=O) groups is 1. The van der Waals surface area contributed by atoms with E-state index in [2.05, 4.69) is 17.0 Å². The van der Waals surface area contributed by atoms with Crippen LogP contribution in [-0.4, -0.2) is 49.2 Å². The Bertz CT molecular complexity index is 722. The summed E-state index contributed by atoms with van der Waals surface area (Å²) in [4.78, 5) is 19.2. The minimum absolute atomic E-state index is 0.00683. The smallest absolute Gasteiger partial charge is 0.273 e. The average molecular weight is 300 g/mol. The third-order valence-electron chi connectivity index (χ3n) is 5.63. The van der Waals surface area contributed by atoms with Gasteiger partial charge in [-0.2, -0.15) is 5.10 Å². The second-order valence-corrected chi connectivity index (χ2v) is 6.48. The Balaban J connectivity index is 1.74. The fraction of sp³-hybridized carbons (Fsp3) is 0.562. The number of aliphatic hydroxyl groups excluding tert-OH is 1. The first-order valence-corrected chi connectivity index (χ1v) is 7.92. The molecule has 6 nitrogen and oxygen atoms in total. The van der Waals surface area contributed by atoms with Crippen molar-refractivity contribution in [3.63, 3.8) is 0 Å². The van der Waals surface area contributed by atoms with Crippen LogP contribution in [0.1, 0.15) is 43.1 Å². The summed E-state index contributed by atoms with van der Waals surface area (Å²) in [5.74, 6) is 0.00683. The molecule has 22 heavy (non-hydrogen) atoms. The number of aliphatic hydroxyl groups is 1. The Morgan fingerprint density at radius 3 is 3.05 bits per heavy atom. The van der Waals surface area contributed by atoms with Gasteiger partial charge >= 0.3 is 0 Å². The van der Waals surface area contributed by atoms with Crippen LogP contribution < -0.4 is 0 Å². The molecule has 2 aromatic heterocycles. The Morgan fingerprint density at radius 2 is 2.32 bits per heavy atom. The molecule has 0 aromatic carbocycles. The van der Waals surface area contributed by atoms with E-state index < -0.39 is 0 Å². The van der Waals surface area contributed by atoms with Crippen LogP contribution >= 0.6 is 0 Å². The second-order valence-electron chi connectivity index (χ2n) is 6.48. The Morgan fingerprint density at radius 1 is 1.45 bits per heavy atom. The van der Waals surface area contributed by atoms with E-state index in [1.165, 1.54) is 6.33 Å². The van der Waals surface area contributed by atoms with Gasteiger partial charge in [-0.3, -0.25) is 4.79 Å². The summed E-state index contributed by atoms with van der Waals surface area (Å²) >= 11 is 0. The van der Waals surface area contributed by atoms with E-state index in [9.17, 15) is 9.90 Å². The molecular formula is C16H20N4O2. The summed E-state index contributed by atoms with van der Waals surface area (Å²) in [6.07, 6.45) is 5.30. The van der Waals surface area contributed by atoms with Gasteiger partial charge in [0, 0.05) is 17.5 Å². The third-order valence-corrected chi connectivity index (χ3v) is 5.63. The number of fused-ring (bicyclic) bond motifs is 3. The summed E-state index contributed by atoms with van der Waals surface area (Å²) in [5, 5.41) is 14.0. The highest BCUT2D eigenvalue weighted by Gasteiger charge is 2.56. The Labute approximate surface area is 128 Å². The number of hydrogen-bond acceptors (Lipinski definition) is 4. The standard InChI is InChI=1S/C16H20N4O2/c1-2-16(9-21)8-11-6-7-13(16)19(11)15(22)12-4-3-5-14-17-10-18-20(12)14/h3-5,10-11,13,21H,2,6-9H2,1H3/t11-,13+,16-/m1/s1. The fourth-order valence-electron chi connectivity index (χ4n) is 4.40. The van der Waals surface area contributed by atoms with Crippen LogP contribution in [0.25, 0.3) is 5.65 Å². The third kappa shape index (κ3) is 1.67. The molecule has 2 aliphatic rings. The maximum Gasteiger partial charge on any atom is 0.273 e. The lowest BCUT2D eigenvalue weighted by atomic mass is 9.72. The molecule has 3 atom stereocenters. The van der Waals surface area contributed by atoms with E-state index in [0.717, 1.165) is 25.7 Å². The Kier molecular flexibility index (Phi) is 2.97. The molecule has 1 N–H and O–H groups in total. The van der Waals surface area contributed by atoms with Crippen LogP contribution in [0.5, 0.6) is 0 Å². The van der Waals surface area contributed by atoms with Gasteiger partial charge in [-0.05, 0) is 37.8 Å². The molecule has 4 rings (SSSR count). The van der Waals surface area contributed by atoms with Gasteiger partial charge in [0.15, 0.2) is 5.65 Å². The molecular weight excluding hydrogens is 280 g/mol. The number of carbonyl (C=O) groups excluding carboxylic acids is 1. The van der Waals surface area contributed by atoms with E-state index in [1.54, 1.807) is 10.6 Å². The van der Waals surface area contributed by atoms with E-state index in [0.29, 0.717) is 11.3 Å². The van der Waals surface area contributed by atoms with Gasteiger partial charge in [0.05, 0.1) is 6.61 Å². The molecule has 2 fully saturated rings. The van der Waals surface area contributed by atoms with Gasteiger partial charge < -0.3 is 10.0 Å². The number of rotatable bonds is 3. The van der Waals surface area contributed by atoms with Gasteiger partial charge in [0.2, 0.25) is 0 Å². The average Bonchev–Trinajstić information content (AvgIpc) is 3.26. The normalized spacial score (nSPS) is 30.4. The van der Waals surface area contributed by atoms with Crippen molar-refractivity contribution in [1.29, 1.82) is 0 Å². The quantitative estimate of drug-likeness (QED) is 0.932. The van der Waals surface area contributed by atoms with Crippen LogP contribution in [0.3, 0.4) is 0 Å². The van der Waals surface area contributed by atoms with Crippen molar-refractivity contribution in [3.05, 3.63) is 30.2 Å². The molecule has 4 heterocycles. The molecule has 0 spiro atoms. The van der Waals surface area contributed by atoms with Gasteiger partial charge in [-0.1, -0.05) is 13.0 Å². The van der Waals surface area contributed by atoms with Crippen LogP contribution in [0.2, 0.25) is 0 Å². The van der Waals surface area contributed by atoms with Crippen LogP contribution in [-0.2, 0) is 0 Å². The van der Waals surface area contributed by atoms with Crippen LogP contribution in [0.4, 0.5) is 0 Å². The molecule has 116 valence electrons. The number of hydrogen-bond donors (Lipinski definition) is 1. The molecule has 6 heteroatoms. The van der Waals surface area contributed by atoms with Crippen molar-refractivity contribution in [2.75, 3.05) is 6.61 Å². The molecule has 2 aromatic rings. The fourth-order valence-corrected chi connectivity index (χ4v) is 4.40. The number of pyridine rings is 1. The van der Waals surface area contributed by atoms with E-state index in [4.69, 9.17) is 0 Å². The van der Waals surface area contributed by atoms with Gasteiger partial charge in [0.25, 0.3) is 5.91 Å². The van der Waals surface area contributed by atoms with Crippen molar-refractivity contribution < 1.29 is 9.90 Å². The predicted molar refractivity (Wildman–Crippen MR) is 80.4 cm³/mol. The van der Waals surface area contributed by atoms with Crippen LogP contribution in [0, 0.1) is 5.41 Å². The minimum Gasteiger partial charge on any atom is -0.396 e. The van der Waals surface area contributed by atoms with Gasteiger partial charge in [0.1, 0.15) is 12.0 Å². The van der Waals surface area contributed by atoms with E-state index in [1.807, 2.05) is 17.0 Å². The van der Waals surface area contributed by atoms with Crippen molar-refractivity contribution in [2.24, 2.45) is 5.41 Å². The molecule has 0 radical (unpaired) electrons. The summed E-state index contributed by atoms with van der Waals surface area (Å²) in [6.45, 7) is 2.26. The molecule has 2 aliphatic heterocycles. The summed E-state index contributed by atoms with van der Waals surface area (Å²) < 4.78 is 1.60. The van der Waals surface area contributed by atoms with Crippen molar-refractivity contribution in [3.8, 4) is 0 Å². The zero-order valence-electron chi connectivity index (χ0n) is 12.6. The molecule has 0 unspecified atom stereocenters. The maximum atomic E-state index is 13.1. The lowest BCUT2D eigenvalue weighted by Crippen LogP contribution is -2.42. The first-order chi connectivity index (χ1) is 10.7. The minimum atomic E-state index is -0.130. The van der Waals surface area contributed by atoms with Crippen molar-refractivity contribution >= 4 is 11.6 Å². The number of aromatic nitrogens is 3. The molecule has 2 saturated heterocycles. The summed E-state index contributed by atoms with van der Waals surface area (Å²) in [5.41, 5.74) is 1.10. The largest absolute Gasteiger partial charge is 0.396 e. The first-order valence-electron chi connectivity index (χ1n) is 7.92. The van der Waals surface area contributed by atoms with Gasteiger partial charge in [-0.25, -0.2) is 9.50 Å². The van der Waals surface area contributed by atoms with E-state index in [-0.39, 0.29) is 30.0 Å². The lowest BCUT2D eigenvalue weighted by Gasteiger charge is -2.34. The zero-order valence-corrected chi connectivity index (χ0v) is 12.6. The lowest BCUT2D eigenvalue weighted by molar-refractivity contribution is 0.0550. The second kappa shape index (κ2) is 4.78. The highest BCUT2D eigenvalue weighted by atomic mass is 16.3. The molecule has 2 bridgehead atoms. The number of nitrogens with zero attached hydrogens (tertiary/aromatic N) is 4. The SMILES string of the molecule is CC[C@]1(CO)C[C@H]2CC[C@@H]1N2C(=O)c1cccc2ncnn12.